The number of hydrogen-bond acceptors (Lipinski definition) is 5. The van der Waals surface area contributed by atoms with Crippen LogP contribution in [0.2, 0.25) is 0 Å². The molecule has 1 N–H and O–H groups in total. The first kappa shape index (κ1) is 20.4. The number of carbonyl (C=O) groups excluding carboxylic acids is 3. The van der Waals surface area contributed by atoms with Crippen LogP contribution in [0.1, 0.15) is 39.4 Å². The molecule has 1 unspecified atom stereocenters. The van der Waals surface area contributed by atoms with Crippen LogP contribution in [0.15, 0.2) is 53.0 Å². The molecule has 1 aliphatic heterocycles. The van der Waals surface area contributed by atoms with E-state index in [4.69, 9.17) is 0 Å². The van der Waals surface area contributed by atoms with Crippen LogP contribution in [-0.4, -0.2) is 33.6 Å². The Bertz CT molecular complexity index is 1120. The van der Waals surface area contributed by atoms with Crippen LogP contribution >= 0.6 is 27.3 Å². The summed E-state index contributed by atoms with van der Waals surface area (Å²) in [5.41, 5.74) is 2.42. The van der Waals surface area contributed by atoms with Crippen molar-refractivity contribution in [2.24, 2.45) is 0 Å². The molecule has 1 atom stereocenters. The van der Waals surface area contributed by atoms with Crippen LogP contribution < -0.4 is 5.32 Å². The molecule has 0 saturated heterocycles. The monoisotopic (exact) mass is 483 g/mol. The number of halogens is 1. The number of benzene rings is 2. The van der Waals surface area contributed by atoms with Crippen molar-refractivity contribution in [3.05, 3.63) is 69.0 Å². The van der Waals surface area contributed by atoms with Gasteiger partial charge in [-0.3, -0.25) is 19.3 Å². The molecule has 152 valence electrons. The van der Waals surface area contributed by atoms with E-state index < -0.39 is 23.8 Å². The van der Waals surface area contributed by atoms with Crippen molar-refractivity contribution in [2.45, 2.75) is 26.3 Å². The Morgan fingerprint density at radius 2 is 1.70 bits per heavy atom. The summed E-state index contributed by atoms with van der Waals surface area (Å²) in [6.45, 7) is 3.57. The molecule has 0 fully saturated rings. The average Bonchev–Trinajstić information content (AvgIpc) is 3.27. The zero-order valence-corrected chi connectivity index (χ0v) is 18.7. The average molecular weight is 484 g/mol. The zero-order valence-electron chi connectivity index (χ0n) is 16.3. The highest BCUT2D eigenvalue weighted by atomic mass is 79.9. The SMILES string of the molecule is CCc1sc(NC(=O)C(C)N2C(=O)c3ccccc3C2=O)nc1-c1ccc(Br)cc1. The first-order valence-electron chi connectivity index (χ1n) is 9.44. The first-order valence-corrected chi connectivity index (χ1v) is 11.0. The van der Waals surface area contributed by atoms with Crippen LogP contribution in [0, 0.1) is 0 Å². The molecular weight excluding hydrogens is 466 g/mol. The summed E-state index contributed by atoms with van der Waals surface area (Å²) in [5.74, 6) is -1.37. The Morgan fingerprint density at radius 1 is 1.10 bits per heavy atom. The van der Waals surface area contributed by atoms with Gasteiger partial charge in [-0.2, -0.15) is 0 Å². The maximum Gasteiger partial charge on any atom is 0.262 e. The third-order valence-corrected chi connectivity index (χ3v) is 6.60. The number of hydrogen-bond donors (Lipinski definition) is 1. The second kappa shape index (κ2) is 8.12. The van der Waals surface area contributed by atoms with Crippen molar-refractivity contribution in [3.8, 4) is 11.3 Å². The van der Waals surface area contributed by atoms with Crippen molar-refractivity contribution in [1.29, 1.82) is 0 Å². The summed E-state index contributed by atoms with van der Waals surface area (Å²) in [5, 5.41) is 3.22. The number of aromatic nitrogens is 1. The minimum absolute atomic E-state index is 0.321. The molecule has 6 nitrogen and oxygen atoms in total. The second-order valence-electron chi connectivity index (χ2n) is 6.84. The number of nitrogens with one attached hydrogen (secondary N) is 1. The summed E-state index contributed by atoms with van der Waals surface area (Å²) in [7, 11) is 0. The van der Waals surface area contributed by atoms with Gasteiger partial charge in [0.25, 0.3) is 11.8 Å². The molecule has 3 amide bonds. The Kier molecular flexibility index (Phi) is 5.53. The van der Waals surface area contributed by atoms with E-state index in [1.807, 2.05) is 31.2 Å². The van der Waals surface area contributed by atoms with Crippen molar-refractivity contribution in [3.63, 3.8) is 0 Å². The van der Waals surface area contributed by atoms with E-state index >= 15 is 0 Å². The Hall–Kier alpha value is -2.84. The maximum absolute atomic E-state index is 12.8. The molecule has 0 aliphatic carbocycles. The molecule has 1 aliphatic rings. The van der Waals surface area contributed by atoms with Crippen LogP contribution in [0.5, 0.6) is 0 Å². The van der Waals surface area contributed by atoms with E-state index in [1.165, 1.54) is 11.3 Å². The summed E-state index contributed by atoms with van der Waals surface area (Å²) >= 11 is 4.82. The fraction of sp³-hybridized carbons (Fsp3) is 0.182. The highest BCUT2D eigenvalue weighted by Crippen LogP contribution is 2.33. The summed E-state index contributed by atoms with van der Waals surface area (Å²) in [4.78, 5) is 44.7. The van der Waals surface area contributed by atoms with Gasteiger partial charge in [-0.05, 0) is 37.6 Å². The largest absolute Gasteiger partial charge is 0.300 e. The topological polar surface area (TPSA) is 79.4 Å². The molecule has 30 heavy (non-hydrogen) atoms. The second-order valence-corrected chi connectivity index (χ2v) is 8.84. The molecular formula is C22H18BrN3O3S. The van der Waals surface area contributed by atoms with Crippen LogP contribution in [0.3, 0.4) is 0 Å². The van der Waals surface area contributed by atoms with Crippen LogP contribution in [0.4, 0.5) is 5.13 Å². The Morgan fingerprint density at radius 3 is 2.27 bits per heavy atom. The Balaban J connectivity index is 1.55. The summed E-state index contributed by atoms with van der Waals surface area (Å²) < 4.78 is 0.975. The maximum atomic E-state index is 12.8. The quantitative estimate of drug-likeness (QED) is 0.530. The van der Waals surface area contributed by atoms with Crippen LogP contribution in [0.25, 0.3) is 11.3 Å². The highest BCUT2D eigenvalue weighted by Gasteiger charge is 2.40. The van der Waals surface area contributed by atoms with E-state index in [-0.39, 0.29) is 0 Å². The molecule has 0 bridgehead atoms. The number of rotatable bonds is 5. The molecule has 0 radical (unpaired) electrons. The fourth-order valence-corrected chi connectivity index (χ4v) is 4.56. The van der Waals surface area contributed by atoms with Gasteiger partial charge in [-0.25, -0.2) is 4.98 Å². The van der Waals surface area contributed by atoms with E-state index in [2.05, 4.69) is 26.2 Å². The minimum Gasteiger partial charge on any atom is -0.300 e. The fourth-order valence-electron chi connectivity index (χ4n) is 3.36. The molecule has 3 aromatic rings. The van der Waals surface area contributed by atoms with Gasteiger partial charge in [0.15, 0.2) is 5.13 Å². The molecule has 2 aromatic carbocycles. The normalized spacial score (nSPS) is 14.0. The lowest BCUT2D eigenvalue weighted by molar-refractivity contribution is -0.119. The van der Waals surface area contributed by atoms with Gasteiger partial charge in [-0.15, -0.1) is 11.3 Å². The first-order chi connectivity index (χ1) is 14.4. The van der Waals surface area contributed by atoms with Gasteiger partial charge in [0.2, 0.25) is 5.91 Å². The predicted octanol–water partition coefficient (Wildman–Crippen LogP) is 4.76. The number of carbonyl (C=O) groups is 3. The third-order valence-electron chi connectivity index (χ3n) is 4.96. The highest BCUT2D eigenvalue weighted by molar-refractivity contribution is 9.10. The summed E-state index contributed by atoms with van der Waals surface area (Å²) in [6, 6.07) is 13.4. The van der Waals surface area contributed by atoms with Gasteiger partial charge in [0.05, 0.1) is 16.8 Å². The van der Waals surface area contributed by atoms with Crippen molar-refractivity contribution in [2.75, 3.05) is 5.32 Å². The van der Waals surface area contributed by atoms with E-state index in [9.17, 15) is 14.4 Å². The lowest BCUT2D eigenvalue weighted by Gasteiger charge is -2.21. The van der Waals surface area contributed by atoms with Crippen molar-refractivity contribution >= 4 is 50.1 Å². The van der Waals surface area contributed by atoms with E-state index in [1.54, 1.807) is 31.2 Å². The van der Waals surface area contributed by atoms with Gasteiger partial charge in [0.1, 0.15) is 6.04 Å². The van der Waals surface area contributed by atoms with Gasteiger partial charge in [-0.1, -0.05) is 47.1 Å². The number of fused-ring (bicyclic) bond motifs is 1. The molecule has 8 heteroatoms. The van der Waals surface area contributed by atoms with E-state index in [0.29, 0.717) is 16.3 Å². The minimum atomic E-state index is -0.956. The number of nitrogens with zero attached hydrogens (tertiary/aromatic N) is 2. The number of aryl methyl sites for hydroxylation is 1. The number of amides is 3. The molecule has 0 spiro atoms. The van der Waals surface area contributed by atoms with Gasteiger partial charge >= 0.3 is 0 Å². The molecule has 4 rings (SSSR count). The van der Waals surface area contributed by atoms with Crippen LogP contribution in [-0.2, 0) is 11.2 Å². The lowest BCUT2D eigenvalue weighted by atomic mass is 10.1. The smallest absolute Gasteiger partial charge is 0.262 e. The van der Waals surface area contributed by atoms with E-state index in [0.717, 1.165) is 31.9 Å². The predicted molar refractivity (Wildman–Crippen MR) is 120 cm³/mol. The molecule has 0 saturated carbocycles. The molecule has 1 aromatic heterocycles. The third kappa shape index (κ3) is 3.57. The standard InChI is InChI=1S/C22H18BrN3O3S/c1-3-17-18(13-8-10-14(23)11-9-13)24-22(30-17)25-19(27)12(2)26-20(28)15-6-4-5-7-16(15)21(26)29/h4-12H,3H2,1-2H3,(H,24,25,27). The van der Waals surface area contributed by atoms with Crippen molar-refractivity contribution < 1.29 is 14.4 Å². The van der Waals surface area contributed by atoms with Crippen molar-refractivity contribution in [1.82, 2.24) is 9.88 Å². The molecule has 2 heterocycles. The number of anilines is 1. The number of thiazole rings is 1. The van der Waals surface area contributed by atoms with Gasteiger partial charge in [0, 0.05) is 14.9 Å². The lowest BCUT2D eigenvalue weighted by Crippen LogP contribution is -2.45. The van der Waals surface area contributed by atoms with Gasteiger partial charge < -0.3 is 5.32 Å². The zero-order chi connectivity index (χ0) is 21.4. The summed E-state index contributed by atoms with van der Waals surface area (Å²) in [6.07, 6.45) is 0.771. The number of imide groups is 1. The Labute approximate surface area is 186 Å².